The Labute approximate surface area is 240 Å². The molecule has 0 saturated carbocycles. The molecule has 0 spiro atoms. The second-order valence-corrected chi connectivity index (χ2v) is 9.91. The number of carbonyl (C=O) groups excluding carboxylic acids is 3. The number of ketones is 2. The lowest BCUT2D eigenvalue weighted by Crippen LogP contribution is -2.42. The van der Waals surface area contributed by atoms with Crippen LogP contribution in [-0.4, -0.2) is 60.0 Å². The summed E-state index contributed by atoms with van der Waals surface area (Å²) in [6.07, 6.45) is 3.50. The van der Waals surface area contributed by atoms with Crippen molar-refractivity contribution in [1.29, 1.82) is 0 Å². The number of carbonyl (C=O) groups is 3. The molecule has 8 nitrogen and oxygen atoms in total. The molecule has 1 heterocycles. The molecule has 2 N–H and O–H groups in total. The largest absolute Gasteiger partial charge is 0.454 e. The molecular formula is C33H36N2O6. The highest BCUT2D eigenvalue weighted by Gasteiger charge is 2.21. The quantitative estimate of drug-likeness (QED) is 0.229. The minimum Gasteiger partial charge on any atom is -0.454 e. The van der Waals surface area contributed by atoms with Crippen molar-refractivity contribution in [1.82, 2.24) is 10.2 Å². The topological polar surface area (TPSA) is 105 Å². The normalized spacial score (nSPS) is 13.0. The molecule has 0 fully saturated rings. The highest BCUT2D eigenvalue weighted by Crippen LogP contribution is 2.32. The molecule has 1 aliphatic heterocycles. The van der Waals surface area contributed by atoms with Gasteiger partial charge in [-0.25, -0.2) is 0 Å². The third kappa shape index (κ3) is 8.36. The summed E-state index contributed by atoms with van der Waals surface area (Å²) in [5.41, 5.74) is 4.00. The highest BCUT2D eigenvalue weighted by molar-refractivity contribution is 5.98. The molecule has 0 saturated heterocycles. The van der Waals surface area contributed by atoms with Crippen molar-refractivity contribution in [3.05, 3.63) is 101 Å². The lowest BCUT2D eigenvalue weighted by Gasteiger charge is -2.19. The maximum atomic E-state index is 13.4. The molecule has 0 radical (unpaired) electrons. The smallest absolute Gasteiger partial charge is 0.244 e. The van der Waals surface area contributed by atoms with E-state index >= 15 is 0 Å². The van der Waals surface area contributed by atoms with Gasteiger partial charge in [0.2, 0.25) is 12.7 Å². The number of amides is 1. The van der Waals surface area contributed by atoms with E-state index in [1.165, 1.54) is 11.6 Å². The summed E-state index contributed by atoms with van der Waals surface area (Å²) in [5.74, 6) is 0.365. The Hall–Kier alpha value is -4.27. The molecule has 41 heavy (non-hydrogen) atoms. The average Bonchev–Trinajstić information content (AvgIpc) is 3.47. The minimum absolute atomic E-state index is 0.0878. The number of ether oxygens (including phenoxy) is 2. The molecule has 8 heteroatoms. The second-order valence-electron chi connectivity index (χ2n) is 9.91. The van der Waals surface area contributed by atoms with Crippen LogP contribution in [0.4, 0.5) is 0 Å². The molecule has 0 unspecified atom stereocenters. The Morgan fingerprint density at radius 1 is 0.902 bits per heavy atom. The van der Waals surface area contributed by atoms with Gasteiger partial charge in [-0.1, -0.05) is 68.4 Å². The Balaban J connectivity index is 1.47. The summed E-state index contributed by atoms with van der Waals surface area (Å²) >= 11 is 0. The van der Waals surface area contributed by atoms with E-state index < -0.39 is 12.6 Å². The van der Waals surface area contributed by atoms with Gasteiger partial charge >= 0.3 is 0 Å². The number of nitrogens with one attached hydrogen (secondary N) is 1. The molecule has 0 aromatic heterocycles. The molecule has 3 aromatic carbocycles. The number of fused-ring (bicyclic) bond motifs is 1. The molecule has 0 bridgehead atoms. The Morgan fingerprint density at radius 3 is 2.24 bits per heavy atom. The second kappa shape index (κ2) is 14.4. The van der Waals surface area contributed by atoms with Crippen LogP contribution in [0.3, 0.4) is 0 Å². The number of aliphatic hydroxyl groups excluding tert-OH is 1. The van der Waals surface area contributed by atoms with Crippen LogP contribution in [-0.2, 0) is 29.0 Å². The number of nitrogens with zero attached hydrogens (tertiary/aromatic N) is 1. The highest BCUT2D eigenvalue weighted by atomic mass is 16.7. The van der Waals surface area contributed by atoms with Gasteiger partial charge in [0.15, 0.2) is 23.1 Å². The lowest BCUT2D eigenvalue weighted by atomic mass is 9.96. The SMILES string of the molecule is CCN(CC)Cc1ccc(C[C@H](NC(=O)/C=C/c2ccc3c(c2)OCO3)C(=O)Cc2ccc(C(=O)CO)cc2)cc1. The van der Waals surface area contributed by atoms with Gasteiger partial charge < -0.3 is 19.9 Å². The number of hydrogen-bond donors (Lipinski definition) is 2. The van der Waals surface area contributed by atoms with E-state index in [0.717, 1.165) is 30.8 Å². The van der Waals surface area contributed by atoms with Gasteiger partial charge in [-0.15, -0.1) is 0 Å². The Bertz CT molecular complexity index is 1380. The first kappa shape index (κ1) is 29.7. The Morgan fingerprint density at radius 2 is 1.56 bits per heavy atom. The molecule has 1 amide bonds. The van der Waals surface area contributed by atoms with E-state index in [2.05, 4.69) is 36.2 Å². The maximum absolute atomic E-state index is 13.4. The van der Waals surface area contributed by atoms with E-state index in [4.69, 9.17) is 14.6 Å². The van der Waals surface area contributed by atoms with Gasteiger partial charge in [-0.2, -0.15) is 0 Å². The van der Waals surface area contributed by atoms with Crippen LogP contribution >= 0.6 is 0 Å². The van der Waals surface area contributed by atoms with Crippen molar-refractivity contribution in [3.63, 3.8) is 0 Å². The summed E-state index contributed by atoms with van der Waals surface area (Å²) in [7, 11) is 0. The fraction of sp³-hybridized carbons (Fsp3) is 0.303. The molecule has 1 atom stereocenters. The third-order valence-corrected chi connectivity index (χ3v) is 7.09. The van der Waals surface area contributed by atoms with E-state index in [1.54, 1.807) is 42.5 Å². The van der Waals surface area contributed by atoms with Crippen LogP contribution < -0.4 is 14.8 Å². The van der Waals surface area contributed by atoms with Crippen molar-refractivity contribution in [2.45, 2.75) is 39.3 Å². The maximum Gasteiger partial charge on any atom is 0.244 e. The summed E-state index contributed by atoms with van der Waals surface area (Å²) < 4.78 is 10.7. The van der Waals surface area contributed by atoms with E-state index in [-0.39, 0.29) is 30.7 Å². The molecular weight excluding hydrogens is 520 g/mol. The molecule has 0 aliphatic carbocycles. The summed E-state index contributed by atoms with van der Waals surface area (Å²) in [5, 5.41) is 12.0. The van der Waals surface area contributed by atoms with Gasteiger partial charge in [-0.05, 0) is 60.0 Å². The number of Topliss-reactive ketones (excluding diaryl/α,β-unsaturated/α-hetero) is 2. The molecule has 214 valence electrons. The zero-order valence-electron chi connectivity index (χ0n) is 23.5. The Kier molecular flexibility index (Phi) is 10.4. The van der Waals surface area contributed by atoms with E-state index in [9.17, 15) is 14.4 Å². The van der Waals surface area contributed by atoms with Crippen LogP contribution in [0.5, 0.6) is 11.5 Å². The first-order valence-corrected chi connectivity index (χ1v) is 13.8. The molecule has 3 aromatic rings. The number of benzene rings is 3. The van der Waals surface area contributed by atoms with E-state index in [1.807, 2.05) is 18.2 Å². The first-order valence-electron chi connectivity index (χ1n) is 13.8. The third-order valence-electron chi connectivity index (χ3n) is 7.09. The predicted molar refractivity (Wildman–Crippen MR) is 157 cm³/mol. The zero-order chi connectivity index (χ0) is 29.2. The summed E-state index contributed by atoms with van der Waals surface area (Å²) in [6.45, 7) is 6.66. The number of aliphatic hydroxyl groups is 1. The lowest BCUT2D eigenvalue weighted by molar-refractivity contribution is -0.125. The zero-order valence-corrected chi connectivity index (χ0v) is 23.5. The van der Waals surface area contributed by atoms with Gasteiger partial charge in [0.1, 0.15) is 6.61 Å². The monoisotopic (exact) mass is 556 g/mol. The van der Waals surface area contributed by atoms with Crippen LogP contribution in [0.25, 0.3) is 6.08 Å². The standard InChI is InChI=1S/C33H36N2O6/c1-3-35(4-2)20-26-7-5-23(6-8-26)17-28(29(37)18-24-9-13-27(14-10-24)30(38)21-36)34-33(39)16-12-25-11-15-31-32(19-25)41-22-40-31/h5-16,19,28,36H,3-4,17-18,20-22H2,1-2H3,(H,34,39)/b16-12+/t28-/m0/s1. The van der Waals surface area contributed by atoms with Crippen LogP contribution in [0, 0.1) is 0 Å². The van der Waals surface area contributed by atoms with Crippen LogP contribution in [0.15, 0.2) is 72.8 Å². The van der Waals surface area contributed by atoms with Gasteiger partial charge in [0.05, 0.1) is 6.04 Å². The van der Waals surface area contributed by atoms with Gasteiger partial charge in [-0.3, -0.25) is 19.3 Å². The number of rotatable bonds is 14. The van der Waals surface area contributed by atoms with Gasteiger partial charge in [0, 0.05) is 24.6 Å². The molecule has 1 aliphatic rings. The van der Waals surface area contributed by atoms with Crippen LogP contribution in [0.1, 0.15) is 46.5 Å². The molecule has 4 rings (SSSR count). The fourth-order valence-corrected chi connectivity index (χ4v) is 4.60. The summed E-state index contributed by atoms with van der Waals surface area (Å²) in [6, 6.07) is 19.4. The van der Waals surface area contributed by atoms with Crippen molar-refractivity contribution in [2.75, 3.05) is 26.5 Å². The fourth-order valence-electron chi connectivity index (χ4n) is 4.60. The predicted octanol–water partition coefficient (Wildman–Crippen LogP) is 3.98. The minimum atomic E-state index is -0.753. The van der Waals surface area contributed by atoms with Gasteiger partial charge in [0.25, 0.3) is 0 Å². The summed E-state index contributed by atoms with van der Waals surface area (Å²) in [4.78, 5) is 40.4. The van der Waals surface area contributed by atoms with Crippen molar-refractivity contribution in [2.24, 2.45) is 0 Å². The van der Waals surface area contributed by atoms with E-state index in [0.29, 0.717) is 29.0 Å². The average molecular weight is 557 g/mol. The van der Waals surface area contributed by atoms with Crippen molar-refractivity contribution >= 4 is 23.5 Å². The van der Waals surface area contributed by atoms with Crippen LogP contribution in [0.2, 0.25) is 0 Å². The number of hydrogen-bond acceptors (Lipinski definition) is 7. The van der Waals surface area contributed by atoms with Crippen molar-refractivity contribution < 1.29 is 29.0 Å². The first-order chi connectivity index (χ1) is 19.9. The van der Waals surface area contributed by atoms with Crippen molar-refractivity contribution in [3.8, 4) is 11.5 Å².